The average molecular weight is 356 g/mol. The Morgan fingerprint density at radius 2 is 1.94 bits per heavy atom. The second-order valence-corrected chi connectivity index (χ2v) is 8.03. The summed E-state index contributed by atoms with van der Waals surface area (Å²) in [5.74, 6) is 0. The fourth-order valence-electron chi connectivity index (χ4n) is 3.57. The molecule has 1 aromatic rings. The average Bonchev–Trinajstić information content (AvgIpc) is 2.77. The fourth-order valence-corrected chi connectivity index (χ4v) is 4.83. The second-order valence-electron chi connectivity index (χ2n) is 5.97. The third-order valence-corrected chi connectivity index (χ3v) is 6.81. The highest BCUT2D eigenvalue weighted by molar-refractivity contribution is 14.1. The fraction of sp³-hybridized carbons (Fsp3) is 0.600. The van der Waals surface area contributed by atoms with E-state index in [0.29, 0.717) is 9.46 Å². The van der Waals surface area contributed by atoms with Gasteiger partial charge >= 0.3 is 0 Å². The molecular formula is C15H21IN2. The summed E-state index contributed by atoms with van der Waals surface area (Å²) in [4.78, 5) is 2.57. The lowest BCUT2D eigenvalue weighted by atomic mass is 9.92. The molecule has 18 heavy (non-hydrogen) atoms. The summed E-state index contributed by atoms with van der Waals surface area (Å²) < 4.78 is 0.299. The second kappa shape index (κ2) is 4.46. The molecule has 2 fully saturated rings. The molecule has 0 aromatic heterocycles. The smallest absolute Gasteiger partial charge is 0.0540 e. The summed E-state index contributed by atoms with van der Waals surface area (Å²) in [7, 11) is 0. The van der Waals surface area contributed by atoms with E-state index < -0.39 is 0 Å². The molecule has 98 valence electrons. The van der Waals surface area contributed by atoms with Crippen LogP contribution in [0.15, 0.2) is 30.3 Å². The van der Waals surface area contributed by atoms with Crippen molar-refractivity contribution in [1.29, 1.82) is 0 Å². The normalized spacial score (nSPS) is 37.7. The van der Waals surface area contributed by atoms with Gasteiger partial charge in [0.15, 0.2) is 0 Å². The van der Waals surface area contributed by atoms with Crippen molar-refractivity contribution in [2.24, 2.45) is 5.73 Å². The van der Waals surface area contributed by atoms with Gasteiger partial charge in [0.25, 0.3) is 0 Å². The highest BCUT2D eigenvalue weighted by Crippen LogP contribution is 2.51. The van der Waals surface area contributed by atoms with E-state index in [2.05, 4.69) is 64.7 Å². The number of nitrogens with zero attached hydrogens (tertiary/aromatic N) is 1. The van der Waals surface area contributed by atoms with Crippen LogP contribution in [0.4, 0.5) is 0 Å². The minimum absolute atomic E-state index is 0.0383. The number of hydrogen-bond donors (Lipinski definition) is 1. The van der Waals surface area contributed by atoms with Gasteiger partial charge in [0.1, 0.15) is 0 Å². The highest BCUT2D eigenvalue weighted by Gasteiger charge is 2.57. The molecule has 1 heterocycles. The van der Waals surface area contributed by atoms with Crippen molar-refractivity contribution in [3.8, 4) is 0 Å². The molecule has 3 atom stereocenters. The summed E-state index contributed by atoms with van der Waals surface area (Å²) >= 11 is 2.64. The van der Waals surface area contributed by atoms with Gasteiger partial charge in [-0.15, -0.1) is 0 Å². The first-order valence-electron chi connectivity index (χ1n) is 6.81. The van der Waals surface area contributed by atoms with E-state index >= 15 is 0 Å². The molecule has 1 saturated carbocycles. The van der Waals surface area contributed by atoms with Gasteiger partial charge in [-0.1, -0.05) is 59.3 Å². The first-order chi connectivity index (χ1) is 8.54. The van der Waals surface area contributed by atoms with Crippen LogP contribution in [-0.2, 0) is 0 Å². The Kier molecular flexibility index (Phi) is 3.19. The molecule has 2 N–H and O–H groups in total. The molecule has 1 saturated heterocycles. The van der Waals surface area contributed by atoms with Gasteiger partial charge in [-0.25, -0.2) is 0 Å². The van der Waals surface area contributed by atoms with E-state index in [9.17, 15) is 0 Å². The Labute approximate surface area is 123 Å². The van der Waals surface area contributed by atoms with Crippen LogP contribution in [0.3, 0.4) is 0 Å². The zero-order valence-electron chi connectivity index (χ0n) is 10.9. The van der Waals surface area contributed by atoms with Crippen LogP contribution in [0.25, 0.3) is 0 Å². The van der Waals surface area contributed by atoms with Crippen molar-refractivity contribution >= 4 is 22.6 Å². The standard InChI is InChI=1S/C15H21IN2/c1-12(13-6-3-2-4-7-13)18-10-14(16)8-5-9-15(14,17)11-18/h2-4,6-7,12H,5,8-11,17H2,1H3/t12-,14+,15-/m1/s1. The zero-order valence-corrected chi connectivity index (χ0v) is 13.1. The third kappa shape index (κ3) is 1.91. The molecule has 3 rings (SSSR count). The molecular weight excluding hydrogens is 335 g/mol. The lowest BCUT2D eigenvalue weighted by Crippen LogP contribution is -2.52. The van der Waals surface area contributed by atoms with Crippen LogP contribution < -0.4 is 5.73 Å². The van der Waals surface area contributed by atoms with Gasteiger partial charge in [0.2, 0.25) is 0 Å². The van der Waals surface area contributed by atoms with Crippen LogP contribution in [-0.4, -0.2) is 27.0 Å². The molecule has 0 spiro atoms. The molecule has 0 amide bonds. The van der Waals surface area contributed by atoms with Gasteiger partial charge < -0.3 is 5.73 Å². The molecule has 1 aliphatic heterocycles. The number of alkyl halides is 1. The Hall–Kier alpha value is -0.130. The molecule has 1 aliphatic carbocycles. The van der Waals surface area contributed by atoms with Crippen molar-refractivity contribution in [3.63, 3.8) is 0 Å². The van der Waals surface area contributed by atoms with E-state index in [-0.39, 0.29) is 5.54 Å². The number of fused-ring (bicyclic) bond motifs is 1. The van der Waals surface area contributed by atoms with Gasteiger partial charge in [-0.3, -0.25) is 4.90 Å². The first-order valence-corrected chi connectivity index (χ1v) is 7.89. The predicted molar refractivity (Wildman–Crippen MR) is 84.0 cm³/mol. The largest absolute Gasteiger partial charge is 0.323 e. The van der Waals surface area contributed by atoms with E-state index in [4.69, 9.17) is 5.73 Å². The summed E-state index contributed by atoms with van der Waals surface area (Å²) in [6, 6.07) is 11.3. The van der Waals surface area contributed by atoms with Crippen molar-refractivity contribution < 1.29 is 0 Å². The lowest BCUT2D eigenvalue weighted by molar-refractivity contribution is 0.238. The van der Waals surface area contributed by atoms with Crippen molar-refractivity contribution in [2.75, 3.05) is 13.1 Å². The van der Waals surface area contributed by atoms with Crippen molar-refractivity contribution in [1.82, 2.24) is 4.90 Å². The van der Waals surface area contributed by atoms with E-state index in [0.717, 1.165) is 13.1 Å². The quantitative estimate of drug-likeness (QED) is 0.652. The Morgan fingerprint density at radius 1 is 1.22 bits per heavy atom. The van der Waals surface area contributed by atoms with E-state index in [1.165, 1.54) is 24.8 Å². The molecule has 2 nitrogen and oxygen atoms in total. The number of nitrogens with two attached hydrogens (primary N) is 1. The molecule has 0 unspecified atom stereocenters. The Bertz CT molecular complexity index is 417. The summed E-state index contributed by atoms with van der Waals surface area (Å²) in [5.41, 5.74) is 8.10. The summed E-state index contributed by atoms with van der Waals surface area (Å²) in [6.07, 6.45) is 3.77. The monoisotopic (exact) mass is 356 g/mol. The molecule has 1 aromatic carbocycles. The minimum Gasteiger partial charge on any atom is -0.323 e. The third-order valence-electron chi connectivity index (χ3n) is 4.86. The highest BCUT2D eigenvalue weighted by atomic mass is 127. The molecule has 0 radical (unpaired) electrons. The lowest BCUT2D eigenvalue weighted by Gasteiger charge is -2.30. The van der Waals surface area contributed by atoms with Crippen molar-refractivity contribution in [3.05, 3.63) is 35.9 Å². The SMILES string of the molecule is C[C@H](c1ccccc1)N1C[C@]2(N)CCC[C@]2(I)C1. The molecule has 0 bridgehead atoms. The van der Waals surface area contributed by atoms with Crippen LogP contribution in [0.1, 0.15) is 37.8 Å². The van der Waals surface area contributed by atoms with Gasteiger partial charge in [0, 0.05) is 24.7 Å². The van der Waals surface area contributed by atoms with Gasteiger partial charge in [0.05, 0.1) is 3.42 Å². The summed E-state index contributed by atoms with van der Waals surface area (Å²) in [6.45, 7) is 4.49. The topological polar surface area (TPSA) is 29.3 Å². The van der Waals surface area contributed by atoms with Crippen LogP contribution in [0.2, 0.25) is 0 Å². The van der Waals surface area contributed by atoms with Crippen LogP contribution in [0, 0.1) is 0 Å². The van der Waals surface area contributed by atoms with Crippen molar-refractivity contribution in [2.45, 2.75) is 41.2 Å². The zero-order chi connectivity index (χ0) is 12.8. The van der Waals surface area contributed by atoms with Crippen LogP contribution >= 0.6 is 22.6 Å². The van der Waals surface area contributed by atoms with Gasteiger partial charge in [-0.05, 0) is 25.3 Å². The Morgan fingerprint density at radius 3 is 2.61 bits per heavy atom. The number of likely N-dealkylation sites (tertiary alicyclic amines) is 1. The molecule has 3 heteroatoms. The predicted octanol–water partition coefficient (Wildman–Crippen LogP) is 3.12. The maximum Gasteiger partial charge on any atom is 0.0540 e. The Balaban J connectivity index is 1.81. The van der Waals surface area contributed by atoms with E-state index in [1.807, 2.05) is 0 Å². The van der Waals surface area contributed by atoms with Crippen LogP contribution in [0.5, 0.6) is 0 Å². The van der Waals surface area contributed by atoms with Gasteiger partial charge in [-0.2, -0.15) is 0 Å². The number of halogens is 1. The summed E-state index contributed by atoms with van der Waals surface area (Å²) in [5, 5.41) is 0. The number of benzene rings is 1. The number of rotatable bonds is 2. The van der Waals surface area contributed by atoms with E-state index in [1.54, 1.807) is 0 Å². The first kappa shape index (κ1) is 12.9. The maximum absolute atomic E-state index is 6.66. The minimum atomic E-state index is 0.0383. The number of hydrogen-bond acceptors (Lipinski definition) is 2. The molecule has 2 aliphatic rings. The maximum atomic E-state index is 6.66.